The predicted molar refractivity (Wildman–Crippen MR) is 154 cm³/mol. The first-order valence-electron chi connectivity index (χ1n) is 12.6. The minimum absolute atomic E-state index is 1.12. The quantitative estimate of drug-likeness (QED) is 0.276. The molecule has 0 aliphatic rings. The number of aromatic nitrogens is 3. The number of nitrogens with zero attached hydrogens (tertiary/aromatic N) is 3. The Hall–Kier alpha value is -2.20. The number of imidazole rings is 1. The molecule has 2 aromatic carbocycles. The SMILES string of the molecule is CC.CC.CC.CCCC.Cc1ccc(C)c2c1ncn2C.Cc1ccc(C)c2sncc12. The van der Waals surface area contributed by atoms with Gasteiger partial charge in [0.1, 0.15) is 0 Å². The fourth-order valence-electron chi connectivity index (χ4n) is 2.81. The van der Waals surface area contributed by atoms with Gasteiger partial charge in [-0.2, -0.15) is 4.37 Å². The second-order valence-electron chi connectivity index (χ2n) is 7.02. The van der Waals surface area contributed by atoms with Crippen LogP contribution in [0.1, 0.15) is 90.5 Å². The van der Waals surface area contributed by atoms with E-state index in [0.29, 0.717) is 0 Å². The highest BCUT2D eigenvalue weighted by atomic mass is 32.1. The van der Waals surface area contributed by atoms with E-state index >= 15 is 0 Å². The molecule has 2 heterocycles. The van der Waals surface area contributed by atoms with E-state index in [-0.39, 0.29) is 0 Å². The van der Waals surface area contributed by atoms with E-state index < -0.39 is 0 Å². The highest BCUT2D eigenvalue weighted by molar-refractivity contribution is 7.13. The Morgan fingerprint density at radius 2 is 1.21 bits per heavy atom. The van der Waals surface area contributed by atoms with Crippen molar-refractivity contribution in [3.8, 4) is 0 Å². The molecule has 0 fully saturated rings. The topological polar surface area (TPSA) is 30.7 Å². The molecule has 4 aromatic rings. The molecule has 0 aliphatic carbocycles. The van der Waals surface area contributed by atoms with E-state index in [1.165, 1.54) is 50.7 Å². The molecule has 186 valence electrons. The van der Waals surface area contributed by atoms with Crippen molar-refractivity contribution in [1.82, 2.24) is 13.9 Å². The van der Waals surface area contributed by atoms with Crippen molar-refractivity contribution < 1.29 is 0 Å². The summed E-state index contributed by atoms with van der Waals surface area (Å²) in [6.45, 7) is 24.8. The molecule has 0 atom stereocenters. The summed E-state index contributed by atoms with van der Waals surface area (Å²) >= 11 is 1.58. The molecule has 0 saturated carbocycles. The van der Waals surface area contributed by atoms with Gasteiger partial charge in [0, 0.05) is 18.6 Å². The van der Waals surface area contributed by atoms with Gasteiger partial charge in [0.25, 0.3) is 0 Å². The van der Waals surface area contributed by atoms with Gasteiger partial charge in [0.2, 0.25) is 0 Å². The van der Waals surface area contributed by atoms with Gasteiger partial charge in [-0.05, 0) is 61.5 Å². The summed E-state index contributed by atoms with van der Waals surface area (Å²) in [5, 5.41) is 1.30. The fourth-order valence-corrected chi connectivity index (χ4v) is 3.60. The third-order valence-corrected chi connectivity index (χ3v) is 5.64. The summed E-state index contributed by atoms with van der Waals surface area (Å²) < 4.78 is 7.56. The maximum absolute atomic E-state index is 4.34. The first kappa shape index (κ1) is 33.0. The minimum atomic E-state index is 1.12. The van der Waals surface area contributed by atoms with Gasteiger partial charge < -0.3 is 4.57 Å². The standard InChI is InChI=1S/C10H12N2.C9H9NS.C4H10.3C2H6/c1-7-4-5-8(2)10-9(7)11-6-12(10)3;1-6-3-4-7(2)9-8(6)5-10-11-9;1-3-4-2;3*1-2/h4-6H,1-3H3;3-5H,1-2H3;3-4H2,1-2H3;3*1-2H3. The van der Waals surface area contributed by atoms with Crippen LogP contribution in [0.2, 0.25) is 0 Å². The highest BCUT2D eigenvalue weighted by Crippen LogP contribution is 2.24. The van der Waals surface area contributed by atoms with Gasteiger partial charge in [0.05, 0.1) is 22.1 Å². The van der Waals surface area contributed by atoms with Crippen molar-refractivity contribution in [2.45, 2.75) is 95.9 Å². The lowest BCUT2D eigenvalue weighted by atomic mass is 10.1. The van der Waals surface area contributed by atoms with E-state index in [9.17, 15) is 0 Å². The second-order valence-corrected chi connectivity index (χ2v) is 7.82. The largest absolute Gasteiger partial charge is 0.334 e. The molecule has 0 spiro atoms. The lowest BCUT2D eigenvalue weighted by Gasteiger charge is -2.00. The van der Waals surface area contributed by atoms with Crippen molar-refractivity contribution in [2.24, 2.45) is 7.05 Å². The van der Waals surface area contributed by atoms with Gasteiger partial charge >= 0.3 is 0 Å². The molecule has 0 radical (unpaired) electrons. The number of benzene rings is 2. The maximum atomic E-state index is 4.34. The zero-order valence-electron chi connectivity index (χ0n) is 23.6. The molecular formula is C29H49N3S. The van der Waals surface area contributed by atoms with Gasteiger partial charge in [-0.15, -0.1) is 0 Å². The first-order valence-corrected chi connectivity index (χ1v) is 13.4. The Balaban J connectivity index is 0. The van der Waals surface area contributed by atoms with E-state index in [0.717, 1.165) is 5.52 Å². The van der Waals surface area contributed by atoms with Crippen molar-refractivity contribution in [1.29, 1.82) is 0 Å². The van der Waals surface area contributed by atoms with Crippen molar-refractivity contribution in [3.05, 3.63) is 59.0 Å². The molecule has 0 saturated heterocycles. The Labute approximate surface area is 208 Å². The van der Waals surface area contributed by atoms with Crippen LogP contribution in [0.15, 0.2) is 36.8 Å². The van der Waals surface area contributed by atoms with E-state index in [1.807, 2.05) is 61.1 Å². The second kappa shape index (κ2) is 19.3. The molecule has 0 aliphatic heterocycles. The van der Waals surface area contributed by atoms with E-state index in [2.05, 4.69) is 79.7 Å². The first-order chi connectivity index (χ1) is 15.9. The summed E-state index contributed by atoms with van der Waals surface area (Å²) in [4.78, 5) is 4.34. The van der Waals surface area contributed by atoms with Crippen LogP contribution in [0.25, 0.3) is 21.1 Å². The van der Waals surface area contributed by atoms with Gasteiger partial charge in [-0.1, -0.05) is 92.5 Å². The van der Waals surface area contributed by atoms with Crippen LogP contribution < -0.4 is 0 Å². The molecule has 3 nitrogen and oxygen atoms in total. The predicted octanol–water partition coefficient (Wildman–Crippen LogP) is 9.99. The third kappa shape index (κ3) is 10.1. The number of hydrogen-bond acceptors (Lipinski definition) is 3. The van der Waals surface area contributed by atoms with Crippen LogP contribution in [0, 0.1) is 27.7 Å². The van der Waals surface area contributed by atoms with Gasteiger partial charge in [-0.3, -0.25) is 0 Å². The van der Waals surface area contributed by atoms with Crippen molar-refractivity contribution in [3.63, 3.8) is 0 Å². The third-order valence-electron chi connectivity index (χ3n) is 4.70. The minimum Gasteiger partial charge on any atom is -0.334 e. The van der Waals surface area contributed by atoms with Crippen LogP contribution in [0.5, 0.6) is 0 Å². The average molecular weight is 472 g/mol. The zero-order chi connectivity index (χ0) is 26.0. The summed E-state index contributed by atoms with van der Waals surface area (Å²) in [7, 11) is 2.03. The smallest absolute Gasteiger partial charge is 0.0955 e. The number of fused-ring (bicyclic) bond motifs is 2. The van der Waals surface area contributed by atoms with Crippen molar-refractivity contribution >= 4 is 32.7 Å². The molecule has 0 bridgehead atoms. The number of unbranched alkanes of at least 4 members (excludes halogenated alkanes) is 1. The van der Waals surface area contributed by atoms with Crippen LogP contribution in [-0.2, 0) is 7.05 Å². The molecule has 0 N–H and O–H groups in total. The van der Waals surface area contributed by atoms with E-state index in [1.54, 1.807) is 11.5 Å². The van der Waals surface area contributed by atoms with Crippen LogP contribution in [-0.4, -0.2) is 13.9 Å². The molecular weight excluding hydrogens is 422 g/mol. The molecule has 33 heavy (non-hydrogen) atoms. The van der Waals surface area contributed by atoms with Crippen LogP contribution >= 0.6 is 11.5 Å². The van der Waals surface area contributed by atoms with Gasteiger partial charge in [-0.25, -0.2) is 4.98 Å². The Kier molecular flexibility index (Phi) is 19.3. The fraction of sp³-hybridized carbons (Fsp3) is 0.517. The lowest BCUT2D eigenvalue weighted by molar-refractivity contribution is 0.886. The summed E-state index contributed by atoms with van der Waals surface area (Å²) in [5.74, 6) is 0. The molecule has 0 amide bonds. The summed E-state index contributed by atoms with van der Waals surface area (Å²) in [6.07, 6.45) is 6.45. The number of aryl methyl sites for hydroxylation is 5. The number of hydrogen-bond donors (Lipinski definition) is 0. The Morgan fingerprint density at radius 1 is 0.727 bits per heavy atom. The normalized spacial score (nSPS) is 9.00. The van der Waals surface area contributed by atoms with Crippen LogP contribution in [0.3, 0.4) is 0 Å². The molecule has 2 aromatic heterocycles. The van der Waals surface area contributed by atoms with Crippen molar-refractivity contribution in [2.75, 3.05) is 0 Å². The molecule has 0 unspecified atom stereocenters. The Morgan fingerprint density at radius 3 is 1.70 bits per heavy atom. The summed E-state index contributed by atoms with van der Waals surface area (Å²) in [6, 6.07) is 8.55. The monoisotopic (exact) mass is 471 g/mol. The Bertz CT molecular complexity index is 974. The number of rotatable bonds is 1. The van der Waals surface area contributed by atoms with E-state index in [4.69, 9.17) is 0 Å². The van der Waals surface area contributed by atoms with Gasteiger partial charge in [0.15, 0.2) is 0 Å². The summed E-state index contributed by atoms with van der Waals surface area (Å²) in [5.41, 5.74) is 7.55. The lowest BCUT2D eigenvalue weighted by Crippen LogP contribution is -1.87. The maximum Gasteiger partial charge on any atom is 0.0955 e. The average Bonchev–Trinajstić information content (AvgIpc) is 3.52. The molecule has 4 heteroatoms. The highest BCUT2D eigenvalue weighted by Gasteiger charge is 2.04. The zero-order valence-corrected chi connectivity index (χ0v) is 24.4. The van der Waals surface area contributed by atoms with Crippen LogP contribution in [0.4, 0.5) is 0 Å². The molecule has 4 rings (SSSR count).